The molecule has 2 aromatic carbocycles. The first kappa shape index (κ1) is 20.3. The summed E-state index contributed by atoms with van der Waals surface area (Å²) in [6.07, 6.45) is 0.545. The molecule has 0 unspecified atom stereocenters. The molecule has 0 radical (unpaired) electrons. The van der Waals surface area contributed by atoms with Crippen LogP contribution in [0.3, 0.4) is 0 Å². The third-order valence-electron chi connectivity index (χ3n) is 5.20. The molecule has 0 spiro atoms. The predicted octanol–water partition coefficient (Wildman–Crippen LogP) is 3.16. The third kappa shape index (κ3) is 6.07. The van der Waals surface area contributed by atoms with Gasteiger partial charge in [-0.2, -0.15) is 5.26 Å². The fourth-order valence-corrected chi connectivity index (χ4v) is 3.44. The molecule has 5 heteroatoms. The molecule has 0 aromatic heterocycles. The van der Waals surface area contributed by atoms with Crippen LogP contribution in [0.2, 0.25) is 0 Å². The lowest BCUT2D eigenvalue weighted by atomic mass is 10.1. The second-order valence-corrected chi connectivity index (χ2v) is 7.26. The van der Waals surface area contributed by atoms with Gasteiger partial charge in [-0.05, 0) is 28.8 Å². The molecule has 0 aliphatic carbocycles. The first-order valence-electron chi connectivity index (χ1n) is 10.0. The van der Waals surface area contributed by atoms with E-state index in [1.165, 1.54) is 16.7 Å². The van der Waals surface area contributed by atoms with Crippen molar-refractivity contribution in [2.45, 2.75) is 26.1 Å². The number of benzene rings is 2. The van der Waals surface area contributed by atoms with Gasteiger partial charge < -0.3 is 15.0 Å². The van der Waals surface area contributed by atoms with Crippen LogP contribution in [-0.2, 0) is 24.4 Å². The Kier molecular flexibility index (Phi) is 7.86. The van der Waals surface area contributed by atoms with Gasteiger partial charge in [0.1, 0.15) is 0 Å². The zero-order chi connectivity index (χ0) is 19.6. The molecule has 1 saturated heterocycles. The molecule has 1 aliphatic heterocycles. The maximum absolute atomic E-state index is 8.72. The first-order chi connectivity index (χ1) is 13.8. The second kappa shape index (κ2) is 10.8. The minimum absolute atomic E-state index is 0.545. The largest absolute Gasteiger partial charge is 0.379 e. The van der Waals surface area contributed by atoms with Crippen molar-refractivity contribution in [2.75, 3.05) is 44.8 Å². The van der Waals surface area contributed by atoms with Crippen molar-refractivity contribution in [1.82, 2.24) is 10.2 Å². The van der Waals surface area contributed by atoms with Gasteiger partial charge in [0, 0.05) is 52.0 Å². The van der Waals surface area contributed by atoms with Crippen molar-refractivity contribution < 1.29 is 4.74 Å². The van der Waals surface area contributed by atoms with Crippen molar-refractivity contribution in [3.8, 4) is 6.07 Å². The lowest BCUT2D eigenvalue weighted by molar-refractivity contribution is 0.0340. The molecule has 0 bridgehead atoms. The number of hydrogen-bond acceptors (Lipinski definition) is 5. The quantitative estimate of drug-likeness (QED) is 0.726. The van der Waals surface area contributed by atoms with Crippen LogP contribution in [0.1, 0.15) is 23.1 Å². The molecule has 1 fully saturated rings. The summed E-state index contributed by atoms with van der Waals surface area (Å²) in [5.41, 5.74) is 5.17. The van der Waals surface area contributed by atoms with Gasteiger partial charge in [-0.25, -0.2) is 0 Å². The molecule has 0 saturated carbocycles. The Bertz CT molecular complexity index is 763. The van der Waals surface area contributed by atoms with Crippen molar-refractivity contribution in [1.29, 1.82) is 5.26 Å². The smallest absolute Gasteiger partial charge is 0.0640 e. The van der Waals surface area contributed by atoms with Gasteiger partial charge in [0.05, 0.1) is 25.7 Å². The predicted molar refractivity (Wildman–Crippen MR) is 113 cm³/mol. The lowest BCUT2D eigenvalue weighted by Crippen LogP contribution is -2.36. The summed E-state index contributed by atoms with van der Waals surface area (Å²) in [6.45, 7) is 7.15. The molecule has 1 heterocycles. The first-order valence-corrected chi connectivity index (χ1v) is 10.0. The second-order valence-electron chi connectivity index (χ2n) is 7.26. The average Bonchev–Trinajstić information content (AvgIpc) is 2.74. The van der Waals surface area contributed by atoms with E-state index in [0.29, 0.717) is 6.42 Å². The highest BCUT2D eigenvalue weighted by Crippen LogP contribution is 2.15. The van der Waals surface area contributed by atoms with Gasteiger partial charge in [0.2, 0.25) is 0 Å². The summed E-state index contributed by atoms with van der Waals surface area (Å²) in [5, 5.41) is 12.3. The highest BCUT2D eigenvalue weighted by molar-refractivity contribution is 5.46. The molecule has 0 atom stereocenters. The fraction of sp³-hybridized carbons (Fsp3) is 0.435. The molecule has 3 rings (SSSR count). The van der Waals surface area contributed by atoms with E-state index in [1.807, 2.05) is 7.05 Å². The van der Waals surface area contributed by atoms with Crippen LogP contribution in [-0.4, -0.2) is 44.8 Å². The normalized spacial score (nSPS) is 14.6. The number of anilines is 1. The molecule has 1 aliphatic rings. The van der Waals surface area contributed by atoms with E-state index >= 15 is 0 Å². The van der Waals surface area contributed by atoms with Gasteiger partial charge in [0.15, 0.2) is 0 Å². The van der Waals surface area contributed by atoms with Crippen LogP contribution in [0.4, 0.5) is 5.69 Å². The van der Waals surface area contributed by atoms with E-state index < -0.39 is 0 Å². The SMILES string of the molecule is CN(CCC#N)c1ccc(CNCc2ccccc2CN2CCOCC2)cc1. The number of nitrogens with one attached hydrogen (secondary N) is 1. The monoisotopic (exact) mass is 378 g/mol. The summed E-state index contributed by atoms with van der Waals surface area (Å²) < 4.78 is 5.45. The summed E-state index contributed by atoms with van der Waals surface area (Å²) in [6, 6.07) is 19.5. The number of hydrogen-bond donors (Lipinski definition) is 1. The molecule has 1 N–H and O–H groups in total. The maximum atomic E-state index is 8.72. The Morgan fingerprint density at radius 2 is 1.75 bits per heavy atom. The summed E-state index contributed by atoms with van der Waals surface area (Å²) in [4.78, 5) is 4.58. The summed E-state index contributed by atoms with van der Waals surface area (Å²) in [7, 11) is 2.02. The van der Waals surface area contributed by atoms with E-state index in [-0.39, 0.29) is 0 Å². The number of morpholine rings is 1. The summed E-state index contributed by atoms with van der Waals surface area (Å²) in [5.74, 6) is 0. The van der Waals surface area contributed by atoms with E-state index in [1.54, 1.807) is 0 Å². The highest BCUT2D eigenvalue weighted by atomic mass is 16.5. The Hall–Kier alpha value is -2.39. The van der Waals surface area contributed by atoms with Crippen LogP contribution in [0, 0.1) is 11.3 Å². The number of rotatable bonds is 9. The van der Waals surface area contributed by atoms with E-state index in [4.69, 9.17) is 10.00 Å². The van der Waals surface area contributed by atoms with Crippen LogP contribution < -0.4 is 10.2 Å². The van der Waals surface area contributed by atoms with Crippen LogP contribution in [0.15, 0.2) is 48.5 Å². The highest BCUT2D eigenvalue weighted by Gasteiger charge is 2.12. The Morgan fingerprint density at radius 1 is 1.04 bits per heavy atom. The van der Waals surface area contributed by atoms with Crippen molar-refractivity contribution in [2.24, 2.45) is 0 Å². The van der Waals surface area contributed by atoms with E-state index in [9.17, 15) is 0 Å². The van der Waals surface area contributed by atoms with Crippen molar-refractivity contribution >= 4 is 5.69 Å². The Morgan fingerprint density at radius 3 is 2.46 bits per heavy atom. The molecule has 148 valence electrons. The zero-order valence-electron chi connectivity index (χ0n) is 16.7. The van der Waals surface area contributed by atoms with Gasteiger partial charge >= 0.3 is 0 Å². The maximum Gasteiger partial charge on any atom is 0.0640 e. The third-order valence-corrected chi connectivity index (χ3v) is 5.20. The fourth-order valence-electron chi connectivity index (χ4n) is 3.44. The lowest BCUT2D eigenvalue weighted by Gasteiger charge is -2.27. The number of nitriles is 1. The minimum atomic E-state index is 0.545. The molecular formula is C23H30N4O. The Balaban J connectivity index is 1.50. The average molecular weight is 379 g/mol. The van der Waals surface area contributed by atoms with E-state index in [2.05, 4.69) is 69.7 Å². The van der Waals surface area contributed by atoms with Gasteiger partial charge in [0.25, 0.3) is 0 Å². The standard InChI is InChI=1S/C23H30N4O/c1-26(12-4-11-24)23-9-7-20(8-10-23)17-25-18-21-5-2-3-6-22(21)19-27-13-15-28-16-14-27/h2-3,5-10,25H,4,12-19H2,1H3. The topological polar surface area (TPSA) is 51.5 Å². The van der Waals surface area contributed by atoms with Gasteiger partial charge in [-0.3, -0.25) is 4.90 Å². The molecule has 2 aromatic rings. The van der Waals surface area contributed by atoms with Gasteiger partial charge in [-0.15, -0.1) is 0 Å². The Labute approximate surface area is 168 Å². The van der Waals surface area contributed by atoms with Crippen LogP contribution in [0.25, 0.3) is 0 Å². The summed E-state index contributed by atoms with van der Waals surface area (Å²) >= 11 is 0. The van der Waals surface area contributed by atoms with Crippen molar-refractivity contribution in [3.05, 3.63) is 65.2 Å². The molecule has 0 amide bonds. The minimum Gasteiger partial charge on any atom is -0.379 e. The molecule has 28 heavy (non-hydrogen) atoms. The van der Waals surface area contributed by atoms with Crippen molar-refractivity contribution in [3.63, 3.8) is 0 Å². The van der Waals surface area contributed by atoms with Crippen LogP contribution >= 0.6 is 0 Å². The van der Waals surface area contributed by atoms with Crippen LogP contribution in [0.5, 0.6) is 0 Å². The zero-order valence-corrected chi connectivity index (χ0v) is 16.7. The molecular weight excluding hydrogens is 348 g/mol. The van der Waals surface area contributed by atoms with E-state index in [0.717, 1.165) is 58.2 Å². The number of nitrogens with zero attached hydrogens (tertiary/aromatic N) is 3. The molecule has 5 nitrogen and oxygen atoms in total. The number of ether oxygens (including phenoxy) is 1. The van der Waals surface area contributed by atoms with Gasteiger partial charge in [-0.1, -0.05) is 36.4 Å².